The maximum atomic E-state index is 11.6. The summed E-state index contributed by atoms with van der Waals surface area (Å²) in [5, 5.41) is 2.48. The number of carbonyl (C=O) groups excluding carboxylic acids is 2. The molecule has 1 aromatic rings. The van der Waals surface area contributed by atoms with E-state index >= 15 is 0 Å². The van der Waals surface area contributed by atoms with Crippen molar-refractivity contribution in [2.45, 2.75) is 6.04 Å². The number of halogens is 1. The Kier molecular flexibility index (Phi) is 5.45. The van der Waals surface area contributed by atoms with Gasteiger partial charge in [0.2, 0.25) is 5.91 Å². The van der Waals surface area contributed by atoms with E-state index in [2.05, 4.69) is 10.1 Å². The van der Waals surface area contributed by atoms with Crippen LogP contribution in [0.3, 0.4) is 0 Å². The van der Waals surface area contributed by atoms with E-state index in [4.69, 9.17) is 16.3 Å². The van der Waals surface area contributed by atoms with Crippen LogP contribution in [0.1, 0.15) is 11.6 Å². The van der Waals surface area contributed by atoms with Gasteiger partial charge in [-0.25, -0.2) is 4.79 Å². The van der Waals surface area contributed by atoms with E-state index in [-0.39, 0.29) is 5.88 Å². The number of alkyl halides is 1. The van der Waals surface area contributed by atoms with Crippen molar-refractivity contribution in [1.82, 2.24) is 5.32 Å². The minimum Gasteiger partial charge on any atom is -0.497 e. The van der Waals surface area contributed by atoms with Crippen LogP contribution in [0.15, 0.2) is 24.3 Å². The van der Waals surface area contributed by atoms with Crippen LogP contribution in [0.5, 0.6) is 5.75 Å². The van der Waals surface area contributed by atoms with E-state index in [1.165, 1.54) is 14.2 Å². The number of amides is 1. The Balaban J connectivity index is 3.00. The second-order valence-corrected chi connectivity index (χ2v) is 3.70. The lowest BCUT2D eigenvalue weighted by Gasteiger charge is -2.16. The number of carbonyl (C=O) groups is 2. The summed E-state index contributed by atoms with van der Waals surface area (Å²) in [6.45, 7) is 0. The summed E-state index contributed by atoms with van der Waals surface area (Å²) in [5.74, 6) is -0.657. The number of esters is 1. The molecule has 0 aliphatic carbocycles. The molecule has 0 radical (unpaired) electrons. The van der Waals surface area contributed by atoms with Gasteiger partial charge in [0.15, 0.2) is 6.04 Å². The lowest BCUT2D eigenvalue weighted by Crippen LogP contribution is -2.35. The Labute approximate surface area is 110 Å². The third kappa shape index (κ3) is 3.63. The van der Waals surface area contributed by atoms with Crippen molar-refractivity contribution in [3.8, 4) is 5.75 Å². The van der Waals surface area contributed by atoms with Crippen LogP contribution < -0.4 is 10.1 Å². The number of hydrogen-bond donors (Lipinski definition) is 1. The quantitative estimate of drug-likeness (QED) is 0.647. The molecule has 1 aromatic carbocycles. The highest BCUT2D eigenvalue weighted by molar-refractivity contribution is 6.27. The highest BCUT2D eigenvalue weighted by atomic mass is 35.5. The fraction of sp³-hybridized carbons (Fsp3) is 0.333. The first-order valence-corrected chi connectivity index (χ1v) is 5.73. The average molecular weight is 272 g/mol. The molecule has 0 spiro atoms. The molecule has 1 N–H and O–H groups in total. The molecular weight excluding hydrogens is 258 g/mol. The Hall–Kier alpha value is -1.75. The standard InChI is InChI=1S/C12H14ClNO4/c1-17-9-5-3-4-8(6-9)11(12(16)18-2)14-10(15)7-13/h3-6,11H,7H2,1-2H3,(H,14,15). The minimum atomic E-state index is -0.892. The SMILES string of the molecule is COC(=O)C(NC(=O)CCl)c1cccc(OC)c1. The van der Waals surface area contributed by atoms with E-state index in [0.29, 0.717) is 11.3 Å². The number of rotatable bonds is 5. The van der Waals surface area contributed by atoms with Gasteiger partial charge in [-0.15, -0.1) is 11.6 Å². The van der Waals surface area contributed by atoms with Gasteiger partial charge in [0.25, 0.3) is 0 Å². The summed E-state index contributed by atoms with van der Waals surface area (Å²) in [5.41, 5.74) is 0.569. The first-order valence-electron chi connectivity index (χ1n) is 5.19. The molecule has 1 rings (SSSR count). The van der Waals surface area contributed by atoms with Gasteiger partial charge < -0.3 is 14.8 Å². The zero-order valence-electron chi connectivity index (χ0n) is 10.1. The largest absolute Gasteiger partial charge is 0.497 e. The number of ether oxygens (including phenoxy) is 2. The number of hydrogen-bond acceptors (Lipinski definition) is 4. The molecule has 0 aliphatic rings. The van der Waals surface area contributed by atoms with Crippen LogP contribution >= 0.6 is 11.6 Å². The molecule has 0 aromatic heterocycles. The van der Waals surface area contributed by atoms with Gasteiger partial charge in [-0.05, 0) is 17.7 Å². The number of benzene rings is 1. The zero-order chi connectivity index (χ0) is 13.5. The third-order valence-corrected chi connectivity index (χ3v) is 2.53. The maximum absolute atomic E-state index is 11.6. The Bertz CT molecular complexity index is 436. The number of nitrogens with one attached hydrogen (secondary N) is 1. The van der Waals surface area contributed by atoms with E-state index < -0.39 is 17.9 Å². The molecule has 5 nitrogen and oxygen atoms in total. The smallest absolute Gasteiger partial charge is 0.333 e. The lowest BCUT2D eigenvalue weighted by atomic mass is 10.1. The van der Waals surface area contributed by atoms with E-state index in [1.54, 1.807) is 24.3 Å². The minimum absolute atomic E-state index is 0.225. The van der Waals surface area contributed by atoms with Gasteiger partial charge >= 0.3 is 5.97 Å². The van der Waals surface area contributed by atoms with Crippen molar-refractivity contribution in [3.63, 3.8) is 0 Å². The molecule has 1 atom stereocenters. The molecule has 0 aliphatic heterocycles. The van der Waals surface area contributed by atoms with Crippen LogP contribution in [0, 0.1) is 0 Å². The molecule has 0 saturated carbocycles. The van der Waals surface area contributed by atoms with Crippen LogP contribution in [-0.2, 0) is 14.3 Å². The number of methoxy groups -OCH3 is 2. The lowest BCUT2D eigenvalue weighted by molar-refractivity contribution is -0.145. The van der Waals surface area contributed by atoms with Crippen molar-refractivity contribution < 1.29 is 19.1 Å². The van der Waals surface area contributed by atoms with Crippen LogP contribution in [0.4, 0.5) is 0 Å². The predicted octanol–water partition coefficient (Wildman–Crippen LogP) is 1.26. The van der Waals surface area contributed by atoms with E-state index in [0.717, 1.165) is 0 Å². The van der Waals surface area contributed by atoms with Gasteiger partial charge in [0, 0.05) is 0 Å². The Morgan fingerprint density at radius 1 is 1.39 bits per heavy atom. The molecule has 0 heterocycles. The molecule has 0 saturated heterocycles. The first kappa shape index (κ1) is 14.3. The van der Waals surface area contributed by atoms with Gasteiger partial charge in [-0.2, -0.15) is 0 Å². The molecule has 0 fully saturated rings. The van der Waals surface area contributed by atoms with Gasteiger partial charge in [-0.3, -0.25) is 4.79 Å². The normalized spacial score (nSPS) is 11.5. The van der Waals surface area contributed by atoms with Crippen molar-refractivity contribution in [2.24, 2.45) is 0 Å². The molecule has 98 valence electrons. The maximum Gasteiger partial charge on any atom is 0.333 e. The van der Waals surface area contributed by atoms with Gasteiger partial charge in [-0.1, -0.05) is 12.1 Å². The average Bonchev–Trinajstić information content (AvgIpc) is 2.43. The third-order valence-electron chi connectivity index (χ3n) is 2.29. The molecule has 6 heteroatoms. The van der Waals surface area contributed by atoms with Crippen LogP contribution in [-0.4, -0.2) is 32.0 Å². The second kappa shape index (κ2) is 6.86. The monoisotopic (exact) mass is 271 g/mol. The van der Waals surface area contributed by atoms with Gasteiger partial charge in [0.05, 0.1) is 14.2 Å². The summed E-state index contributed by atoms with van der Waals surface area (Å²) in [6.07, 6.45) is 0. The van der Waals surface area contributed by atoms with Crippen molar-refractivity contribution >= 4 is 23.5 Å². The predicted molar refractivity (Wildman–Crippen MR) is 66.6 cm³/mol. The molecule has 18 heavy (non-hydrogen) atoms. The molecular formula is C12H14ClNO4. The summed E-state index contributed by atoms with van der Waals surface area (Å²) in [6, 6.07) is 5.91. The molecule has 1 amide bonds. The summed E-state index contributed by atoms with van der Waals surface area (Å²) in [4.78, 5) is 22.9. The van der Waals surface area contributed by atoms with Crippen molar-refractivity contribution in [1.29, 1.82) is 0 Å². The fourth-order valence-corrected chi connectivity index (χ4v) is 1.49. The van der Waals surface area contributed by atoms with Crippen LogP contribution in [0.25, 0.3) is 0 Å². The fourth-order valence-electron chi connectivity index (χ4n) is 1.42. The molecule has 0 bridgehead atoms. The Morgan fingerprint density at radius 2 is 2.11 bits per heavy atom. The van der Waals surface area contributed by atoms with Gasteiger partial charge in [0.1, 0.15) is 11.6 Å². The van der Waals surface area contributed by atoms with Crippen molar-refractivity contribution in [3.05, 3.63) is 29.8 Å². The Morgan fingerprint density at radius 3 is 2.67 bits per heavy atom. The summed E-state index contributed by atoms with van der Waals surface area (Å²) < 4.78 is 9.71. The van der Waals surface area contributed by atoms with Crippen LogP contribution in [0.2, 0.25) is 0 Å². The second-order valence-electron chi connectivity index (χ2n) is 3.43. The topological polar surface area (TPSA) is 64.6 Å². The van der Waals surface area contributed by atoms with Crippen molar-refractivity contribution in [2.75, 3.05) is 20.1 Å². The van der Waals surface area contributed by atoms with E-state index in [1.807, 2.05) is 0 Å². The van der Waals surface area contributed by atoms with E-state index in [9.17, 15) is 9.59 Å². The zero-order valence-corrected chi connectivity index (χ0v) is 10.9. The summed E-state index contributed by atoms with van der Waals surface area (Å²) in [7, 11) is 2.77. The summed E-state index contributed by atoms with van der Waals surface area (Å²) >= 11 is 5.40. The highest BCUT2D eigenvalue weighted by Crippen LogP contribution is 2.20. The molecule has 1 unspecified atom stereocenters. The highest BCUT2D eigenvalue weighted by Gasteiger charge is 2.23. The first-order chi connectivity index (χ1) is 8.62.